The Balaban J connectivity index is 1.29. The fourth-order valence-electron chi connectivity index (χ4n) is 4.58. The standard InChI is InChI=1S/C21H32N4O3/c1-27-19-6-10-24(11-7-19)20-3-2-17(16-22-20)21(26)25-8-4-18(5-9-25)23-12-14-28-15-13-23/h2-3,16,18-19H,4-15H2,1H3. The average molecular weight is 389 g/mol. The molecule has 0 saturated carbocycles. The number of ether oxygens (including phenoxy) is 2. The van der Waals surface area contributed by atoms with Gasteiger partial charge in [-0.05, 0) is 37.8 Å². The summed E-state index contributed by atoms with van der Waals surface area (Å²) in [6.07, 6.45) is 6.25. The largest absolute Gasteiger partial charge is 0.381 e. The molecule has 4 rings (SSSR count). The first-order valence-electron chi connectivity index (χ1n) is 10.6. The maximum atomic E-state index is 12.9. The Morgan fingerprint density at radius 2 is 1.75 bits per heavy atom. The van der Waals surface area contributed by atoms with Crippen molar-refractivity contribution in [1.82, 2.24) is 14.8 Å². The van der Waals surface area contributed by atoms with Crippen molar-refractivity contribution >= 4 is 11.7 Å². The number of piperidine rings is 2. The molecule has 3 aliphatic rings. The third kappa shape index (κ3) is 4.47. The van der Waals surface area contributed by atoms with Gasteiger partial charge in [-0.2, -0.15) is 0 Å². The monoisotopic (exact) mass is 388 g/mol. The van der Waals surface area contributed by atoms with Crippen LogP contribution in [0.3, 0.4) is 0 Å². The Morgan fingerprint density at radius 1 is 1.04 bits per heavy atom. The lowest BCUT2D eigenvalue weighted by molar-refractivity contribution is 0.00158. The zero-order chi connectivity index (χ0) is 19.3. The molecule has 0 unspecified atom stereocenters. The molecule has 1 aromatic heterocycles. The lowest BCUT2D eigenvalue weighted by atomic mass is 10.0. The van der Waals surface area contributed by atoms with Crippen LogP contribution in [0.4, 0.5) is 5.82 Å². The van der Waals surface area contributed by atoms with Crippen molar-refractivity contribution in [3.63, 3.8) is 0 Å². The molecular formula is C21H32N4O3. The van der Waals surface area contributed by atoms with Gasteiger partial charge in [0.05, 0.1) is 24.9 Å². The Bertz CT molecular complexity index is 632. The van der Waals surface area contributed by atoms with Crippen LogP contribution in [0.2, 0.25) is 0 Å². The molecule has 0 atom stereocenters. The number of rotatable bonds is 4. The highest BCUT2D eigenvalue weighted by molar-refractivity contribution is 5.94. The molecule has 3 saturated heterocycles. The van der Waals surface area contributed by atoms with Gasteiger partial charge < -0.3 is 19.3 Å². The third-order valence-corrected chi connectivity index (χ3v) is 6.41. The number of pyridine rings is 1. The van der Waals surface area contributed by atoms with Crippen molar-refractivity contribution in [1.29, 1.82) is 0 Å². The predicted molar refractivity (Wildman–Crippen MR) is 108 cm³/mol. The first-order valence-corrected chi connectivity index (χ1v) is 10.6. The molecule has 0 bridgehead atoms. The van der Waals surface area contributed by atoms with E-state index >= 15 is 0 Å². The smallest absolute Gasteiger partial charge is 0.255 e. The van der Waals surface area contributed by atoms with Gasteiger partial charge >= 0.3 is 0 Å². The fraction of sp³-hybridized carbons (Fsp3) is 0.714. The van der Waals surface area contributed by atoms with E-state index in [1.165, 1.54) is 0 Å². The van der Waals surface area contributed by atoms with Crippen molar-refractivity contribution in [2.75, 3.05) is 64.5 Å². The van der Waals surface area contributed by atoms with Gasteiger partial charge in [0.15, 0.2) is 0 Å². The first kappa shape index (κ1) is 19.6. The molecule has 0 aromatic carbocycles. The molecule has 154 valence electrons. The van der Waals surface area contributed by atoms with Crippen LogP contribution in [0.5, 0.6) is 0 Å². The molecule has 1 aromatic rings. The van der Waals surface area contributed by atoms with E-state index in [4.69, 9.17) is 9.47 Å². The van der Waals surface area contributed by atoms with Crippen LogP contribution >= 0.6 is 0 Å². The van der Waals surface area contributed by atoms with Crippen LogP contribution in [0, 0.1) is 0 Å². The molecule has 3 fully saturated rings. The van der Waals surface area contributed by atoms with E-state index in [-0.39, 0.29) is 5.91 Å². The Labute approximate surface area is 167 Å². The molecule has 28 heavy (non-hydrogen) atoms. The second kappa shape index (κ2) is 9.20. The Morgan fingerprint density at radius 3 is 2.36 bits per heavy atom. The van der Waals surface area contributed by atoms with Crippen LogP contribution in [0.1, 0.15) is 36.0 Å². The molecule has 0 radical (unpaired) electrons. The minimum absolute atomic E-state index is 0.109. The number of hydrogen-bond donors (Lipinski definition) is 0. The highest BCUT2D eigenvalue weighted by Crippen LogP contribution is 2.22. The highest BCUT2D eigenvalue weighted by Gasteiger charge is 2.28. The summed E-state index contributed by atoms with van der Waals surface area (Å²) in [6.45, 7) is 7.26. The number of carbonyl (C=O) groups excluding carboxylic acids is 1. The molecule has 4 heterocycles. The molecule has 1 amide bonds. The topological polar surface area (TPSA) is 58.1 Å². The number of likely N-dealkylation sites (tertiary alicyclic amines) is 1. The van der Waals surface area contributed by atoms with Gasteiger partial charge in [0, 0.05) is 58.6 Å². The van der Waals surface area contributed by atoms with E-state index in [2.05, 4.69) is 14.8 Å². The number of anilines is 1. The minimum atomic E-state index is 0.109. The third-order valence-electron chi connectivity index (χ3n) is 6.41. The number of aromatic nitrogens is 1. The molecular weight excluding hydrogens is 356 g/mol. The van der Waals surface area contributed by atoms with Crippen LogP contribution < -0.4 is 4.90 Å². The summed E-state index contributed by atoms with van der Waals surface area (Å²) < 4.78 is 10.9. The summed E-state index contributed by atoms with van der Waals surface area (Å²) in [5.74, 6) is 1.06. The predicted octanol–water partition coefficient (Wildman–Crippen LogP) is 1.63. The average Bonchev–Trinajstić information content (AvgIpc) is 2.79. The zero-order valence-electron chi connectivity index (χ0n) is 16.9. The van der Waals surface area contributed by atoms with E-state index in [1.807, 2.05) is 17.0 Å². The van der Waals surface area contributed by atoms with Gasteiger partial charge in [-0.15, -0.1) is 0 Å². The van der Waals surface area contributed by atoms with Crippen molar-refractivity contribution in [2.24, 2.45) is 0 Å². The summed E-state index contributed by atoms with van der Waals surface area (Å²) in [7, 11) is 1.78. The maximum Gasteiger partial charge on any atom is 0.255 e. The SMILES string of the molecule is COC1CCN(c2ccc(C(=O)N3CCC(N4CCOCC4)CC3)cn2)CC1. The number of methoxy groups -OCH3 is 1. The summed E-state index contributed by atoms with van der Waals surface area (Å²) >= 11 is 0. The second-order valence-electron chi connectivity index (χ2n) is 8.00. The number of hydrogen-bond acceptors (Lipinski definition) is 6. The van der Waals surface area contributed by atoms with Gasteiger partial charge in [-0.1, -0.05) is 0 Å². The van der Waals surface area contributed by atoms with Crippen LogP contribution in [-0.2, 0) is 9.47 Å². The van der Waals surface area contributed by atoms with Gasteiger partial charge in [0.2, 0.25) is 0 Å². The quantitative estimate of drug-likeness (QED) is 0.782. The van der Waals surface area contributed by atoms with Gasteiger partial charge in [0.1, 0.15) is 5.82 Å². The van der Waals surface area contributed by atoms with E-state index < -0.39 is 0 Å². The number of nitrogens with zero attached hydrogens (tertiary/aromatic N) is 4. The van der Waals surface area contributed by atoms with E-state index in [0.717, 1.165) is 84.0 Å². The normalized spacial score (nSPS) is 23.2. The number of morpholine rings is 1. The van der Waals surface area contributed by atoms with Crippen molar-refractivity contribution in [3.8, 4) is 0 Å². The van der Waals surface area contributed by atoms with Gasteiger partial charge in [-0.25, -0.2) is 4.98 Å². The van der Waals surface area contributed by atoms with Crippen LogP contribution in [0.15, 0.2) is 18.3 Å². The molecule has 3 aliphatic heterocycles. The summed E-state index contributed by atoms with van der Waals surface area (Å²) in [5, 5.41) is 0. The fourth-order valence-corrected chi connectivity index (χ4v) is 4.58. The molecule has 7 nitrogen and oxygen atoms in total. The molecule has 7 heteroatoms. The Kier molecular flexibility index (Phi) is 6.44. The second-order valence-corrected chi connectivity index (χ2v) is 8.00. The lowest BCUT2D eigenvalue weighted by Crippen LogP contribution is -2.50. The number of carbonyl (C=O) groups is 1. The lowest BCUT2D eigenvalue weighted by Gasteiger charge is -2.40. The summed E-state index contributed by atoms with van der Waals surface area (Å²) in [4.78, 5) is 24.2. The zero-order valence-corrected chi connectivity index (χ0v) is 16.9. The summed E-state index contributed by atoms with van der Waals surface area (Å²) in [6, 6.07) is 4.51. The first-order chi connectivity index (χ1) is 13.7. The highest BCUT2D eigenvalue weighted by atomic mass is 16.5. The Hall–Kier alpha value is -1.70. The number of amides is 1. The van der Waals surface area contributed by atoms with E-state index in [0.29, 0.717) is 17.7 Å². The van der Waals surface area contributed by atoms with Crippen LogP contribution in [0.25, 0.3) is 0 Å². The van der Waals surface area contributed by atoms with Crippen molar-refractivity contribution in [2.45, 2.75) is 37.8 Å². The molecule has 0 N–H and O–H groups in total. The van der Waals surface area contributed by atoms with Crippen molar-refractivity contribution in [3.05, 3.63) is 23.9 Å². The molecule has 0 spiro atoms. The molecule has 0 aliphatic carbocycles. The maximum absolute atomic E-state index is 12.9. The van der Waals surface area contributed by atoms with Gasteiger partial charge in [0.25, 0.3) is 5.91 Å². The van der Waals surface area contributed by atoms with Crippen molar-refractivity contribution < 1.29 is 14.3 Å². The van der Waals surface area contributed by atoms with E-state index in [1.54, 1.807) is 13.3 Å². The summed E-state index contributed by atoms with van der Waals surface area (Å²) in [5.41, 5.74) is 0.695. The minimum Gasteiger partial charge on any atom is -0.381 e. The van der Waals surface area contributed by atoms with Crippen LogP contribution in [-0.4, -0.2) is 92.4 Å². The van der Waals surface area contributed by atoms with E-state index in [9.17, 15) is 4.79 Å². The van der Waals surface area contributed by atoms with Gasteiger partial charge in [-0.3, -0.25) is 9.69 Å².